The smallest absolute Gasteiger partial charge is 0.149 e. The summed E-state index contributed by atoms with van der Waals surface area (Å²) in [6.07, 6.45) is 0. The number of thiocarbonyl (C=S) groups is 2. The first kappa shape index (κ1) is 19.4. The molecule has 0 bridgehead atoms. The van der Waals surface area contributed by atoms with Crippen molar-refractivity contribution in [2.45, 2.75) is 46.1 Å². The minimum absolute atomic E-state index is 0.531. The highest BCUT2D eigenvalue weighted by atomic mass is 32.2. The molecule has 0 saturated carbocycles. The molecule has 4 nitrogen and oxygen atoms in total. The Morgan fingerprint density at radius 3 is 1.48 bits per heavy atom. The van der Waals surface area contributed by atoms with Gasteiger partial charge in [-0.05, 0) is 57.4 Å². The first-order valence-corrected chi connectivity index (χ1v) is 10.8. The van der Waals surface area contributed by atoms with Crippen LogP contribution in [0.4, 0.5) is 11.4 Å². The number of benzene rings is 1. The largest absolute Gasteiger partial charge is 0.370 e. The quantitative estimate of drug-likeness (QED) is 0.711. The van der Waals surface area contributed by atoms with Gasteiger partial charge in [-0.3, -0.25) is 9.80 Å². The summed E-state index contributed by atoms with van der Waals surface area (Å²) in [5.74, 6) is 1.06. The van der Waals surface area contributed by atoms with Crippen LogP contribution >= 0.6 is 48.0 Å². The zero-order valence-electron chi connectivity index (χ0n) is 14.9. The molecule has 25 heavy (non-hydrogen) atoms. The molecule has 2 aliphatic heterocycles. The first-order chi connectivity index (χ1) is 11.5. The SMILES string of the molecule is Cc1c(N2C(=S)SCC2(C)O)cc(N2C(=S)SCC2(C)O)c(C)c1C. The fourth-order valence-corrected chi connectivity index (χ4v) is 6.08. The minimum atomic E-state index is -1.03. The van der Waals surface area contributed by atoms with Crippen molar-refractivity contribution in [1.82, 2.24) is 0 Å². The molecule has 2 saturated heterocycles. The van der Waals surface area contributed by atoms with Gasteiger partial charge in [0.15, 0.2) is 0 Å². The standard InChI is InChI=1S/C17H22N2O2S4/c1-9-10(2)12(18-14(22)24-7-16(18,4)20)6-13(11(9)3)19-15(23)25-8-17(19,5)21/h6,20-21H,7-8H2,1-5H3. The molecule has 136 valence electrons. The zero-order valence-corrected chi connectivity index (χ0v) is 18.2. The van der Waals surface area contributed by atoms with Gasteiger partial charge in [-0.1, -0.05) is 48.0 Å². The summed E-state index contributed by atoms with van der Waals surface area (Å²) in [5.41, 5.74) is 2.93. The molecule has 2 atom stereocenters. The minimum Gasteiger partial charge on any atom is -0.370 e. The summed E-state index contributed by atoms with van der Waals surface area (Å²) < 4.78 is 1.32. The lowest BCUT2D eigenvalue weighted by Gasteiger charge is -2.36. The van der Waals surface area contributed by atoms with Crippen LogP contribution in [-0.2, 0) is 0 Å². The van der Waals surface area contributed by atoms with E-state index in [9.17, 15) is 10.2 Å². The second-order valence-corrected chi connectivity index (χ2v) is 10.2. The van der Waals surface area contributed by atoms with Crippen LogP contribution in [0.1, 0.15) is 30.5 Å². The summed E-state index contributed by atoms with van der Waals surface area (Å²) in [6, 6.07) is 2.00. The average molecular weight is 415 g/mol. The van der Waals surface area contributed by atoms with Gasteiger partial charge in [-0.15, -0.1) is 0 Å². The van der Waals surface area contributed by atoms with Gasteiger partial charge in [0.2, 0.25) is 0 Å². The number of hydrogen-bond donors (Lipinski definition) is 2. The van der Waals surface area contributed by atoms with Gasteiger partial charge < -0.3 is 10.2 Å². The molecule has 0 radical (unpaired) electrons. The van der Waals surface area contributed by atoms with E-state index in [1.807, 2.05) is 29.7 Å². The second-order valence-electron chi connectivity index (χ2n) is 7.00. The highest BCUT2D eigenvalue weighted by Gasteiger charge is 2.43. The Labute approximate surface area is 168 Å². The highest BCUT2D eigenvalue weighted by molar-refractivity contribution is 8.24. The topological polar surface area (TPSA) is 46.9 Å². The molecule has 0 spiro atoms. The Morgan fingerprint density at radius 1 is 0.840 bits per heavy atom. The van der Waals surface area contributed by atoms with Crippen LogP contribution in [0.25, 0.3) is 0 Å². The van der Waals surface area contributed by atoms with Crippen LogP contribution in [0.15, 0.2) is 6.07 Å². The Balaban J connectivity index is 2.21. The van der Waals surface area contributed by atoms with Gasteiger partial charge >= 0.3 is 0 Å². The first-order valence-electron chi connectivity index (χ1n) is 7.97. The van der Waals surface area contributed by atoms with Crippen LogP contribution < -0.4 is 9.80 Å². The lowest BCUT2D eigenvalue weighted by Crippen LogP contribution is -2.46. The molecule has 0 amide bonds. The van der Waals surface area contributed by atoms with Gasteiger partial charge in [-0.2, -0.15) is 0 Å². The van der Waals surface area contributed by atoms with Crippen molar-refractivity contribution in [2.24, 2.45) is 0 Å². The van der Waals surface area contributed by atoms with Crippen LogP contribution in [0, 0.1) is 20.8 Å². The third-order valence-electron chi connectivity index (χ3n) is 4.92. The molecular weight excluding hydrogens is 392 g/mol. The van der Waals surface area contributed by atoms with E-state index >= 15 is 0 Å². The molecular formula is C17H22N2O2S4. The molecule has 0 aliphatic carbocycles. The van der Waals surface area contributed by atoms with Crippen molar-refractivity contribution >= 4 is 68.0 Å². The Morgan fingerprint density at radius 2 is 1.20 bits per heavy atom. The van der Waals surface area contributed by atoms with E-state index in [4.69, 9.17) is 24.4 Å². The fraction of sp³-hybridized carbons (Fsp3) is 0.529. The molecule has 3 rings (SSSR count). The van der Waals surface area contributed by atoms with Gasteiger partial charge in [0.25, 0.3) is 0 Å². The summed E-state index contributed by atoms with van der Waals surface area (Å²) in [7, 11) is 0. The normalized spacial score (nSPS) is 29.9. The van der Waals surface area contributed by atoms with Crippen molar-refractivity contribution < 1.29 is 10.2 Å². The molecule has 2 fully saturated rings. The summed E-state index contributed by atoms with van der Waals surface area (Å²) in [6.45, 7) is 9.69. The number of thioether (sulfide) groups is 2. The van der Waals surface area contributed by atoms with E-state index in [1.54, 1.807) is 13.8 Å². The summed E-state index contributed by atoms with van der Waals surface area (Å²) in [4.78, 5) is 3.64. The monoisotopic (exact) mass is 414 g/mol. The van der Waals surface area contributed by atoms with Crippen LogP contribution in [0.3, 0.4) is 0 Å². The van der Waals surface area contributed by atoms with E-state index in [0.29, 0.717) is 20.1 Å². The zero-order chi connectivity index (χ0) is 18.7. The van der Waals surface area contributed by atoms with Gasteiger partial charge in [0, 0.05) is 11.5 Å². The number of nitrogens with zero attached hydrogens (tertiary/aromatic N) is 2. The van der Waals surface area contributed by atoms with Crippen molar-refractivity contribution in [3.63, 3.8) is 0 Å². The number of hydrogen-bond acceptors (Lipinski definition) is 6. The summed E-state index contributed by atoms with van der Waals surface area (Å²) in [5, 5.41) is 21.6. The maximum Gasteiger partial charge on any atom is 0.149 e. The molecule has 2 aliphatic rings. The van der Waals surface area contributed by atoms with Crippen molar-refractivity contribution in [1.29, 1.82) is 0 Å². The molecule has 1 aromatic rings. The van der Waals surface area contributed by atoms with Crippen molar-refractivity contribution in [2.75, 3.05) is 21.3 Å². The number of anilines is 2. The van der Waals surface area contributed by atoms with Crippen molar-refractivity contribution in [3.05, 3.63) is 22.8 Å². The van der Waals surface area contributed by atoms with E-state index in [0.717, 1.165) is 28.1 Å². The fourth-order valence-electron chi connectivity index (χ4n) is 3.24. The van der Waals surface area contributed by atoms with E-state index < -0.39 is 11.4 Å². The second kappa shape index (κ2) is 6.35. The number of aliphatic hydroxyl groups is 2. The predicted octanol–water partition coefficient (Wildman–Crippen LogP) is 3.71. The Kier molecular flexibility index (Phi) is 4.92. The summed E-state index contributed by atoms with van der Waals surface area (Å²) >= 11 is 13.9. The van der Waals surface area contributed by atoms with Crippen LogP contribution in [-0.4, -0.2) is 41.8 Å². The molecule has 0 aromatic heterocycles. The highest BCUT2D eigenvalue weighted by Crippen LogP contribution is 2.44. The lowest BCUT2D eigenvalue weighted by molar-refractivity contribution is 0.0995. The lowest BCUT2D eigenvalue weighted by atomic mass is 9.97. The van der Waals surface area contributed by atoms with Crippen LogP contribution in [0.2, 0.25) is 0 Å². The van der Waals surface area contributed by atoms with Gasteiger partial charge in [0.05, 0.1) is 11.4 Å². The average Bonchev–Trinajstić information content (AvgIpc) is 2.94. The van der Waals surface area contributed by atoms with Gasteiger partial charge in [-0.25, -0.2) is 0 Å². The molecule has 2 heterocycles. The molecule has 2 unspecified atom stereocenters. The van der Waals surface area contributed by atoms with Crippen molar-refractivity contribution in [3.8, 4) is 0 Å². The third-order valence-corrected chi connectivity index (χ3v) is 8.23. The van der Waals surface area contributed by atoms with E-state index in [-0.39, 0.29) is 0 Å². The van der Waals surface area contributed by atoms with E-state index in [2.05, 4.69) is 6.92 Å². The molecule has 1 aromatic carbocycles. The van der Waals surface area contributed by atoms with E-state index in [1.165, 1.54) is 23.5 Å². The predicted molar refractivity (Wildman–Crippen MR) is 117 cm³/mol. The maximum atomic E-state index is 10.8. The molecule has 2 N–H and O–H groups in total. The molecule has 8 heteroatoms. The number of rotatable bonds is 2. The Bertz CT molecular complexity index is 716. The Hall–Kier alpha value is -0.380. The maximum absolute atomic E-state index is 10.8. The van der Waals surface area contributed by atoms with Gasteiger partial charge in [0.1, 0.15) is 20.1 Å². The third kappa shape index (κ3) is 3.11. The van der Waals surface area contributed by atoms with Crippen LogP contribution in [0.5, 0.6) is 0 Å².